The number of benzene rings is 1. The lowest BCUT2D eigenvalue weighted by molar-refractivity contribution is -0.132. The minimum absolute atomic E-state index is 0.0280. The fourth-order valence-electron chi connectivity index (χ4n) is 3.25. The largest absolute Gasteiger partial charge is 0.339 e. The molecule has 1 fully saturated rings. The number of thiazole rings is 1. The minimum atomic E-state index is -0.486. The van der Waals surface area contributed by atoms with Crippen LogP contribution in [-0.2, 0) is 11.2 Å². The van der Waals surface area contributed by atoms with Gasteiger partial charge in [0, 0.05) is 37.8 Å². The van der Waals surface area contributed by atoms with E-state index in [4.69, 9.17) is 11.6 Å². The normalized spacial score (nSPS) is 14.1. The topological polar surface area (TPSA) is 66.4 Å². The summed E-state index contributed by atoms with van der Waals surface area (Å²) in [6.07, 6.45) is 1.92. The van der Waals surface area contributed by atoms with Crippen LogP contribution in [0.15, 0.2) is 48.0 Å². The molecule has 0 bridgehead atoms. The van der Waals surface area contributed by atoms with Gasteiger partial charge in [-0.2, -0.15) is 0 Å². The lowest BCUT2D eigenvalue weighted by Crippen LogP contribution is -2.51. The minimum Gasteiger partial charge on any atom is -0.339 e. The van der Waals surface area contributed by atoms with E-state index in [1.54, 1.807) is 16.0 Å². The van der Waals surface area contributed by atoms with Gasteiger partial charge in [-0.05, 0) is 30.3 Å². The van der Waals surface area contributed by atoms with Crippen molar-refractivity contribution in [2.45, 2.75) is 6.42 Å². The molecule has 3 aromatic rings. The van der Waals surface area contributed by atoms with Crippen LogP contribution in [0.2, 0.25) is 5.02 Å². The van der Waals surface area contributed by atoms with Gasteiger partial charge in [-0.15, -0.1) is 11.3 Å². The molecule has 2 amide bonds. The summed E-state index contributed by atoms with van der Waals surface area (Å²) >= 11 is 7.46. The molecule has 2 aromatic heterocycles. The first-order chi connectivity index (χ1) is 14.5. The van der Waals surface area contributed by atoms with E-state index in [1.165, 1.54) is 23.5 Å². The Morgan fingerprint density at radius 2 is 1.87 bits per heavy atom. The summed E-state index contributed by atoms with van der Waals surface area (Å²) in [4.78, 5) is 37.5. The first kappa shape index (κ1) is 20.4. The molecule has 9 heteroatoms. The molecule has 0 atom stereocenters. The number of rotatable bonds is 4. The van der Waals surface area contributed by atoms with Crippen LogP contribution < -0.4 is 0 Å². The first-order valence-corrected chi connectivity index (χ1v) is 10.6. The van der Waals surface area contributed by atoms with Crippen molar-refractivity contribution in [3.05, 3.63) is 70.1 Å². The highest BCUT2D eigenvalue weighted by Gasteiger charge is 2.26. The fraction of sp³-hybridized carbons (Fsp3) is 0.238. The Balaban J connectivity index is 1.33. The highest BCUT2D eigenvalue weighted by atomic mass is 35.5. The first-order valence-electron chi connectivity index (χ1n) is 9.39. The van der Waals surface area contributed by atoms with Crippen LogP contribution >= 0.6 is 22.9 Å². The van der Waals surface area contributed by atoms with Crippen molar-refractivity contribution < 1.29 is 14.0 Å². The maximum Gasteiger partial charge on any atom is 0.255 e. The maximum absolute atomic E-state index is 13.2. The fourth-order valence-corrected chi connectivity index (χ4v) is 4.30. The monoisotopic (exact) mass is 444 g/mol. The van der Waals surface area contributed by atoms with Crippen molar-refractivity contribution in [3.8, 4) is 10.7 Å². The van der Waals surface area contributed by atoms with Crippen molar-refractivity contribution in [3.63, 3.8) is 0 Å². The average Bonchev–Trinajstić information content (AvgIpc) is 3.22. The molecule has 4 rings (SSSR count). The van der Waals surface area contributed by atoms with Gasteiger partial charge in [-0.25, -0.2) is 9.37 Å². The highest BCUT2D eigenvalue weighted by Crippen LogP contribution is 2.22. The number of nitrogens with zero attached hydrogens (tertiary/aromatic N) is 4. The van der Waals surface area contributed by atoms with Crippen molar-refractivity contribution in [1.82, 2.24) is 19.8 Å². The molecule has 3 heterocycles. The number of amides is 2. The predicted octanol–water partition coefficient (Wildman–Crippen LogP) is 3.52. The Hall–Kier alpha value is -2.84. The van der Waals surface area contributed by atoms with Gasteiger partial charge < -0.3 is 9.80 Å². The zero-order chi connectivity index (χ0) is 21.1. The number of carbonyl (C=O) groups is 2. The number of piperazine rings is 1. The second-order valence-corrected chi connectivity index (χ2v) is 8.10. The van der Waals surface area contributed by atoms with E-state index in [0.29, 0.717) is 31.9 Å². The Morgan fingerprint density at radius 3 is 2.57 bits per heavy atom. The summed E-state index contributed by atoms with van der Waals surface area (Å²) in [5, 5.41) is 2.74. The van der Waals surface area contributed by atoms with Gasteiger partial charge >= 0.3 is 0 Å². The third-order valence-corrected chi connectivity index (χ3v) is 6.08. The van der Waals surface area contributed by atoms with Crippen LogP contribution in [-0.4, -0.2) is 57.8 Å². The molecule has 1 aromatic carbocycles. The third-order valence-electron chi connectivity index (χ3n) is 4.85. The van der Waals surface area contributed by atoms with E-state index in [9.17, 15) is 14.0 Å². The molecule has 0 radical (unpaired) electrons. The number of hydrogen-bond acceptors (Lipinski definition) is 5. The standard InChI is InChI=1S/C21H18ClFN4O2S/c22-17-11-14(23)4-5-16(17)21(29)27-9-7-26(8-10-27)19(28)12-15-13-30-20(25-15)18-3-1-2-6-24-18/h1-6,11,13H,7-10,12H2. The maximum atomic E-state index is 13.2. The quantitative estimate of drug-likeness (QED) is 0.617. The molecular formula is C21H18ClFN4O2S. The lowest BCUT2D eigenvalue weighted by Gasteiger charge is -2.35. The molecule has 1 saturated heterocycles. The van der Waals surface area contributed by atoms with E-state index in [0.717, 1.165) is 16.8 Å². The van der Waals surface area contributed by atoms with Crippen molar-refractivity contribution in [2.75, 3.05) is 26.2 Å². The van der Waals surface area contributed by atoms with Gasteiger partial charge in [0.25, 0.3) is 5.91 Å². The molecule has 30 heavy (non-hydrogen) atoms. The number of pyridine rings is 1. The van der Waals surface area contributed by atoms with Gasteiger partial charge in [0.2, 0.25) is 5.91 Å². The summed E-state index contributed by atoms with van der Waals surface area (Å²) in [5.74, 6) is -0.772. The van der Waals surface area contributed by atoms with E-state index in [-0.39, 0.29) is 28.8 Å². The summed E-state index contributed by atoms with van der Waals surface area (Å²) in [7, 11) is 0. The van der Waals surface area contributed by atoms with E-state index >= 15 is 0 Å². The number of aromatic nitrogens is 2. The average molecular weight is 445 g/mol. The summed E-state index contributed by atoms with van der Waals surface area (Å²) < 4.78 is 13.2. The number of carbonyl (C=O) groups excluding carboxylic acids is 2. The molecule has 0 saturated carbocycles. The van der Waals surface area contributed by atoms with E-state index < -0.39 is 5.82 Å². The zero-order valence-corrected chi connectivity index (χ0v) is 17.5. The van der Waals surface area contributed by atoms with Gasteiger partial charge in [0.15, 0.2) is 0 Å². The van der Waals surface area contributed by atoms with Crippen LogP contribution in [0.5, 0.6) is 0 Å². The third kappa shape index (κ3) is 4.49. The molecule has 154 valence electrons. The predicted molar refractivity (Wildman–Crippen MR) is 113 cm³/mol. The summed E-state index contributed by atoms with van der Waals surface area (Å²) in [6, 6.07) is 9.35. The molecule has 0 spiro atoms. The molecule has 0 N–H and O–H groups in total. The number of halogens is 2. The van der Waals surface area contributed by atoms with Gasteiger partial charge in [-0.3, -0.25) is 14.6 Å². The molecule has 0 unspecified atom stereocenters. The Kier molecular flexibility index (Phi) is 6.06. The SMILES string of the molecule is O=C(Cc1csc(-c2ccccn2)n1)N1CCN(C(=O)c2ccc(F)cc2Cl)CC1. The second-order valence-electron chi connectivity index (χ2n) is 6.83. The molecule has 6 nitrogen and oxygen atoms in total. The van der Waals surface area contributed by atoms with Crippen LogP contribution in [0.25, 0.3) is 10.7 Å². The van der Waals surface area contributed by atoms with Gasteiger partial charge in [0.1, 0.15) is 10.8 Å². The van der Waals surface area contributed by atoms with Crippen molar-refractivity contribution >= 4 is 34.8 Å². The molecular weight excluding hydrogens is 427 g/mol. The summed E-state index contributed by atoms with van der Waals surface area (Å²) in [5.41, 5.74) is 1.76. The zero-order valence-electron chi connectivity index (χ0n) is 15.9. The van der Waals surface area contributed by atoms with E-state index in [1.807, 2.05) is 23.6 Å². The highest BCUT2D eigenvalue weighted by molar-refractivity contribution is 7.13. The van der Waals surface area contributed by atoms with Gasteiger partial charge in [0.05, 0.1) is 28.4 Å². The van der Waals surface area contributed by atoms with Crippen LogP contribution in [0.4, 0.5) is 4.39 Å². The summed E-state index contributed by atoms with van der Waals surface area (Å²) in [6.45, 7) is 1.66. The second kappa shape index (κ2) is 8.89. The molecule has 1 aliphatic heterocycles. The Bertz CT molecular complexity index is 1070. The number of hydrogen-bond donors (Lipinski definition) is 0. The van der Waals surface area contributed by atoms with E-state index in [2.05, 4.69) is 9.97 Å². The molecule has 0 aliphatic carbocycles. The van der Waals surface area contributed by atoms with Gasteiger partial charge in [-0.1, -0.05) is 17.7 Å². The smallest absolute Gasteiger partial charge is 0.255 e. The Labute approximate surface area is 181 Å². The Morgan fingerprint density at radius 1 is 1.10 bits per heavy atom. The lowest BCUT2D eigenvalue weighted by atomic mass is 10.1. The van der Waals surface area contributed by atoms with Crippen LogP contribution in [0.1, 0.15) is 16.1 Å². The van der Waals surface area contributed by atoms with Crippen molar-refractivity contribution in [2.24, 2.45) is 0 Å². The van der Waals surface area contributed by atoms with Crippen LogP contribution in [0, 0.1) is 5.82 Å². The van der Waals surface area contributed by atoms with Crippen molar-refractivity contribution in [1.29, 1.82) is 0 Å². The van der Waals surface area contributed by atoms with Crippen LogP contribution in [0.3, 0.4) is 0 Å². The molecule has 1 aliphatic rings.